The zero-order valence-corrected chi connectivity index (χ0v) is 23.7. The second kappa shape index (κ2) is 11.3. The fourth-order valence-electron chi connectivity index (χ4n) is 5.75. The molecule has 2 amide bonds. The average molecular weight is 599 g/mol. The van der Waals surface area contributed by atoms with Gasteiger partial charge in [-0.3, -0.25) is 14.3 Å². The van der Waals surface area contributed by atoms with Gasteiger partial charge in [0.2, 0.25) is 5.91 Å². The van der Waals surface area contributed by atoms with Crippen molar-refractivity contribution in [2.75, 3.05) is 31.5 Å². The van der Waals surface area contributed by atoms with Crippen molar-refractivity contribution in [2.24, 2.45) is 11.8 Å². The summed E-state index contributed by atoms with van der Waals surface area (Å²) in [6.07, 6.45) is 6.06. The van der Waals surface area contributed by atoms with Crippen LogP contribution >= 0.6 is 11.6 Å². The molecule has 2 saturated heterocycles. The summed E-state index contributed by atoms with van der Waals surface area (Å²) < 4.78 is 34.1. The minimum atomic E-state index is -3.10. The molecule has 14 heteroatoms. The molecule has 2 aliphatic heterocycles. The first-order valence-corrected chi connectivity index (χ1v) is 14.0. The number of benzene rings is 1. The van der Waals surface area contributed by atoms with Gasteiger partial charge in [-0.2, -0.15) is 19.0 Å². The molecule has 0 bridgehead atoms. The number of fused-ring (bicyclic) bond motifs is 2. The molecule has 6 rings (SSSR count). The van der Waals surface area contributed by atoms with Crippen LogP contribution in [0.3, 0.4) is 0 Å². The van der Waals surface area contributed by atoms with Gasteiger partial charge < -0.3 is 19.9 Å². The smallest absolute Gasteiger partial charge is 0.387 e. The molecular weight excluding hydrogens is 570 g/mol. The van der Waals surface area contributed by atoms with E-state index in [1.54, 1.807) is 12.3 Å². The number of anilines is 1. The standard InChI is InChI=1S/C28H29ClF2N8O3/c1-16(2)36-10-17-12-37(13-18(17)11-36)24(40)15-38-14-22(34-27(41)21-9-33-39-7-3-6-32-26(21)39)25(35-38)20-8-19(29)4-5-23(20)42-28(30)31/h3-9,14,16-18,28H,10-13,15H2,1-2H3,(H,34,41). The molecule has 1 aromatic carbocycles. The highest BCUT2D eigenvalue weighted by Crippen LogP contribution is 2.37. The van der Waals surface area contributed by atoms with Crippen LogP contribution in [-0.4, -0.2) is 84.8 Å². The number of alkyl halides is 2. The second-order valence-electron chi connectivity index (χ2n) is 10.9. The summed E-state index contributed by atoms with van der Waals surface area (Å²) >= 11 is 6.21. The number of amides is 2. The molecule has 2 unspecified atom stereocenters. The van der Waals surface area contributed by atoms with Crippen LogP contribution in [0.25, 0.3) is 16.9 Å². The fraction of sp³-hybridized carbons (Fsp3) is 0.393. The highest BCUT2D eigenvalue weighted by Gasteiger charge is 2.42. The van der Waals surface area contributed by atoms with E-state index in [1.807, 2.05) is 4.90 Å². The quantitative estimate of drug-likeness (QED) is 0.328. The Morgan fingerprint density at radius 2 is 1.93 bits per heavy atom. The van der Waals surface area contributed by atoms with Crippen molar-refractivity contribution < 1.29 is 23.1 Å². The first-order chi connectivity index (χ1) is 20.2. The molecule has 4 aromatic rings. The number of aromatic nitrogens is 5. The summed E-state index contributed by atoms with van der Waals surface area (Å²) in [5.41, 5.74) is 0.950. The first-order valence-electron chi connectivity index (χ1n) is 13.6. The molecule has 0 spiro atoms. The SMILES string of the molecule is CC(C)N1CC2CN(C(=O)Cn3cc(NC(=O)c4cnn5cccnc45)c(-c4cc(Cl)ccc4OC(F)F)n3)CC2C1. The van der Waals surface area contributed by atoms with Crippen molar-refractivity contribution >= 4 is 34.7 Å². The third-order valence-corrected chi connectivity index (χ3v) is 8.08. The van der Waals surface area contributed by atoms with Gasteiger partial charge in [-0.15, -0.1) is 0 Å². The van der Waals surface area contributed by atoms with Crippen LogP contribution in [0.2, 0.25) is 5.02 Å². The van der Waals surface area contributed by atoms with Crippen molar-refractivity contribution in [3.05, 3.63) is 59.6 Å². The van der Waals surface area contributed by atoms with Gasteiger partial charge in [0.05, 0.1) is 11.9 Å². The van der Waals surface area contributed by atoms with Crippen molar-refractivity contribution in [1.82, 2.24) is 34.2 Å². The Hall–Kier alpha value is -4.10. The number of carbonyl (C=O) groups is 2. The monoisotopic (exact) mass is 598 g/mol. The number of ether oxygens (including phenoxy) is 1. The van der Waals surface area contributed by atoms with Crippen LogP contribution in [0, 0.1) is 11.8 Å². The maximum absolute atomic E-state index is 13.3. The molecule has 3 aromatic heterocycles. The lowest BCUT2D eigenvalue weighted by molar-refractivity contribution is -0.131. The van der Waals surface area contributed by atoms with E-state index in [0.717, 1.165) is 13.1 Å². The number of likely N-dealkylation sites (tertiary alicyclic amines) is 2. The molecule has 11 nitrogen and oxygen atoms in total. The lowest BCUT2D eigenvalue weighted by Crippen LogP contribution is -2.37. The van der Waals surface area contributed by atoms with E-state index in [1.165, 1.54) is 46.0 Å². The fourth-order valence-corrected chi connectivity index (χ4v) is 5.92. The van der Waals surface area contributed by atoms with Crippen LogP contribution < -0.4 is 10.1 Å². The molecular formula is C28H29ClF2N8O3. The van der Waals surface area contributed by atoms with E-state index in [2.05, 4.69) is 39.2 Å². The molecule has 0 saturated carbocycles. The largest absolute Gasteiger partial charge is 0.434 e. The summed E-state index contributed by atoms with van der Waals surface area (Å²) in [5, 5.41) is 11.7. The van der Waals surface area contributed by atoms with E-state index in [-0.39, 0.29) is 45.7 Å². The molecule has 2 atom stereocenters. The van der Waals surface area contributed by atoms with Gasteiger partial charge in [-0.25, -0.2) is 9.50 Å². The topological polar surface area (TPSA) is 110 Å². The minimum absolute atomic E-state index is 0.0971. The molecule has 1 N–H and O–H groups in total. The number of nitrogens with one attached hydrogen (secondary N) is 1. The van der Waals surface area contributed by atoms with E-state index < -0.39 is 12.5 Å². The van der Waals surface area contributed by atoms with Gasteiger partial charge in [-0.05, 0) is 49.9 Å². The van der Waals surface area contributed by atoms with Crippen molar-refractivity contribution in [2.45, 2.75) is 33.0 Å². The van der Waals surface area contributed by atoms with E-state index in [9.17, 15) is 18.4 Å². The maximum atomic E-state index is 13.3. The maximum Gasteiger partial charge on any atom is 0.387 e. The van der Waals surface area contributed by atoms with Crippen LogP contribution in [0.4, 0.5) is 14.5 Å². The lowest BCUT2D eigenvalue weighted by Gasteiger charge is -2.24. The third kappa shape index (κ3) is 5.53. The molecule has 2 fully saturated rings. The number of carbonyl (C=O) groups excluding carboxylic acids is 2. The Bertz CT molecular complexity index is 1630. The van der Waals surface area contributed by atoms with Gasteiger partial charge in [0.15, 0.2) is 5.65 Å². The van der Waals surface area contributed by atoms with Crippen LogP contribution in [-0.2, 0) is 11.3 Å². The summed E-state index contributed by atoms with van der Waals surface area (Å²) in [6.45, 7) is 4.44. The highest BCUT2D eigenvalue weighted by atomic mass is 35.5. The summed E-state index contributed by atoms with van der Waals surface area (Å²) in [5.74, 6) is 0.0190. The average Bonchev–Trinajstić information content (AvgIpc) is 3.71. The van der Waals surface area contributed by atoms with Gasteiger partial charge >= 0.3 is 6.61 Å². The lowest BCUT2D eigenvalue weighted by atomic mass is 10.0. The predicted octanol–water partition coefficient (Wildman–Crippen LogP) is 3.90. The molecule has 42 heavy (non-hydrogen) atoms. The Labute approximate surface area is 245 Å². The van der Waals surface area contributed by atoms with Crippen molar-refractivity contribution in [3.63, 3.8) is 0 Å². The zero-order chi connectivity index (χ0) is 29.5. The van der Waals surface area contributed by atoms with Crippen LogP contribution in [0.5, 0.6) is 5.75 Å². The number of hydrogen-bond acceptors (Lipinski definition) is 7. The van der Waals surface area contributed by atoms with E-state index in [0.29, 0.717) is 36.6 Å². The highest BCUT2D eigenvalue weighted by molar-refractivity contribution is 6.31. The van der Waals surface area contributed by atoms with Crippen LogP contribution in [0.15, 0.2) is 49.1 Å². The van der Waals surface area contributed by atoms with Gasteiger partial charge in [0, 0.05) is 61.4 Å². The molecule has 220 valence electrons. The summed E-state index contributed by atoms with van der Waals surface area (Å²) in [7, 11) is 0. The van der Waals surface area contributed by atoms with Gasteiger partial charge in [0.25, 0.3) is 5.91 Å². The molecule has 5 heterocycles. The van der Waals surface area contributed by atoms with Crippen molar-refractivity contribution in [3.8, 4) is 17.0 Å². The Kier molecular flexibility index (Phi) is 7.54. The predicted molar refractivity (Wildman–Crippen MR) is 151 cm³/mol. The summed E-state index contributed by atoms with van der Waals surface area (Å²) in [6, 6.07) is 6.29. The van der Waals surface area contributed by atoms with E-state index in [4.69, 9.17) is 16.3 Å². The second-order valence-corrected chi connectivity index (χ2v) is 11.3. The Balaban J connectivity index is 1.29. The van der Waals surface area contributed by atoms with Gasteiger partial charge in [-0.1, -0.05) is 11.6 Å². The third-order valence-electron chi connectivity index (χ3n) is 7.84. The van der Waals surface area contributed by atoms with Crippen molar-refractivity contribution in [1.29, 1.82) is 0 Å². The number of nitrogens with zero attached hydrogens (tertiary/aromatic N) is 7. The number of rotatable bonds is 8. The zero-order valence-electron chi connectivity index (χ0n) is 23.0. The molecule has 0 radical (unpaired) electrons. The molecule has 0 aliphatic carbocycles. The summed E-state index contributed by atoms with van der Waals surface area (Å²) in [4.78, 5) is 35.2. The number of hydrogen-bond donors (Lipinski definition) is 1. The normalized spacial score (nSPS) is 18.8. The van der Waals surface area contributed by atoms with E-state index >= 15 is 0 Å². The Morgan fingerprint density at radius 3 is 2.64 bits per heavy atom. The van der Waals surface area contributed by atoms with Gasteiger partial charge in [0.1, 0.15) is 23.6 Å². The first kappa shape index (κ1) is 28.0. The molecule has 2 aliphatic rings. The Morgan fingerprint density at radius 1 is 1.17 bits per heavy atom. The minimum Gasteiger partial charge on any atom is -0.434 e. The van der Waals surface area contributed by atoms with Crippen LogP contribution in [0.1, 0.15) is 24.2 Å². The number of halogens is 3.